The van der Waals surface area contributed by atoms with Crippen molar-refractivity contribution in [3.05, 3.63) is 166 Å². The van der Waals surface area contributed by atoms with Crippen molar-refractivity contribution in [1.82, 2.24) is 15.2 Å². The molecule has 0 spiro atoms. The van der Waals surface area contributed by atoms with E-state index in [1.807, 2.05) is 66.9 Å². The second kappa shape index (κ2) is 20.2. The number of hydrogen-bond acceptors (Lipinski definition) is 13. The highest BCUT2D eigenvalue weighted by molar-refractivity contribution is 8.00. The van der Waals surface area contributed by atoms with Gasteiger partial charge in [0.15, 0.2) is 23.1 Å². The summed E-state index contributed by atoms with van der Waals surface area (Å²) in [6.45, 7) is -0.815. The number of hydrogen-bond donors (Lipinski definition) is 2. The van der Waals surface area contributed by atoms with Gasteiger partial charge in [-0.05, 0) is 34.1 Å². The van der Waals surface area contributed by atoms with Gasteiger partial charge < -0.3 is 19.6 Å². The zero-order chi connectivity index (χ0) is 44.5. The Hall–Kier alpha value is -6.44. The van der Waals surface area contributed by atoms with E-state index in [0.29, 0.717) is 50.7 Å². The fourth-order valence-corrected chi connectivity index (χ4v) is 9.38. The lowest BCUT2D eigenvalue weighted by Crippen LogP contribution is -2.71. The quantitative estimate of drug-likeness (QED) is 0.0451. The van der Waals surface area contributed by atoms with E-state index in [1.54, 1.807) is 66.0 Å². The van der Waals surface area contributed by atoms with Crippen molar-refractivity contribution in [2.45, 2.75) is 29.8 Å². The van der Waals surface area contributed by atoms with Crippen LogP contribution in [0, 0.1) is 0 Å². The van der Waals surface area contributed by atoms with Gasteiger partial charge in [-0.3, -0.25) is 24.6 Å². The first-order valence-electron chi connectivity index (χ1n) is 19.0. The molecular formula is C44H36F3N5O8S3. The molecule has 2 aliphatic rings. The number of carbonyl (C=O) groups excluding carboxylic acids is 5. The maximum absolute atomic E-state index is 14.2. The SMILES string of the molecule is CSCC1=C(C(=O)OC(c2ccccc2)c2ccccc2)N2C(=O)C(NC(=O)C(=NOCC(=O)OC(c3ccccc3)c3ccccc3)c3csc(NC(=O)C(F)(F)F)n3)[C@H]2SC1. The molecule has 1 aromatic heterocycles. The van der Waals surface area contributed by atoms with Crippen molar-refractivity contribution in [3.8, 4) is 0 Å². The van der Waals surface area contributed by atoms with Gasteiger partial charge >= 0.3 is 24.0 Å². The molecule has 4 aromatic carbocycles. The monoisotopic (exact) mass is 915 g/mol. The van der Waals surface area contributed by atoms with E-state index in [9.17, 15) is 37.1 Å². The van der Waals surface area contributed by atoms with E-state index in [4.69, 9.17) is 14.3 Å². The number of fused-ring (bicyclic) bond motifs is 1. The molecule has 19 heteroatoms. The summed E-state index contributed by atoms with van der Waals surface area (Å²) in [6, 6.07) is 34.9. The summed E-state index contributed by atoms with van der Waals surface area (Å²) in [5.74, 6) is -4.88. The first kappa shape index (κ1) is 44.6. The number of esters is 2. The molecule has 1 saturated heterocycles. The lowest BCUT2D eigenvalue weighted by molar-refractivity contribution is -0.167. The first-order chi connectivity index (χ1) is 30.4. The number of carbonyl (C=O) groups is 5. The van der Waals surface area contributed by atoms with Crippen LogP contribution in [0.4, 0.5) is 18.3 Å². The Morgan fingerprint density at radius 3 is 1.87 bits per heavy atom. The third-order valence-corrected chi connectivity index (χ3v) is 12.2. The molecule has 0 saturated carbocycles. The van der Waals surface area contributed by atoms with Crippen LogP contribution in [0.3, 0.4) is 0 Å². The lowest BCUT2D eigenvalue weighted by atomic mass is 10.0. The number of rotatable bonds is 16. The summed E-state index contributed by atoms with van der Waals surface area (Å²) in [6.07, 6.45) is -5.00. The van der Waals surface area contributed by atoms with E-state index in [0.717, 1.165) is 5.38 Å². The van der Waals surface area contributed by atoms with Crippen molar-refractivity contribution >= 4 is 75.4 Å². The predicted octanol–water partition coefficient (Wildman–Crippen LogP) is 7.05. The molecule has 0 radical (unpaired) electrons. The maximum Gasteiger partial charge on any atom is 0.471 e. The average molecular weight is 916 g/mol. The summed E-state index contributed by atoms with van der Waals surface area (Å²) in [5, 5.41) is 7.89. The summed E-state index contributed by atoms with van der Waals surface area (Å²) >= 11 is 3.32. The molecule has 3 heterocycles. The van der Waals surface area contributed by atoms with Crippen LogP contribution in [0.25, 0.3) is 0 Å². The van der Waals surface area contributed by atoms with Crippen LogP contribution in [0.5, 0.6) is 0 Å². The Bertz CT molecular complexity index is 2430. The normalized spacial score (nSPS) is 16.3. The van der Waals surface area contributed by atoms with Gasteiger partial charge in [0.1, 0.15) is 22.8 Å². The standard InChI is InChI=1S/C44H36F3N5O8S3/c1-61-23-30-24-62-40-34(39(55)52(40)35(30)41(56)60-37(28-18-10-4-11-19-28)29-20-12-5-13-21-29)49-38(54)33(31-25-63-43(48-31)50-42(57)44(45,46)47)51-58-22-32(53)59-36(26-14-6-2-7-15-26)27-16-8-3-9-17-27/h2-21,25,34,36-37,40H,22-24H2,1H3,(H,49,54)(H,48,50,57)/t34?,40-/m1/s1. The van der Waals surface area contributed by atoms with Crippen LogP contribution in [-0.4, -0.2) is 87.2 Å². The minimum Gasteiger partial charge on any atom is -0.450 e. The van der Waals surface area contributed by atoms with Gasteiger partial charge in [-0.25, -0.2) is 14.6 Å². The number of benzene rings is 4. The number of β-lactam (4-membered cyclic amide) rings is 1. The number of amides is 3. The van der Waals surface area contributed by atoms with Gasteiger partial charge in [-0.2, -0.15) is 24.9 Å². The summed E-state index contributed by atoms with van der Waals surface area (Å²) < 4.78 is 51.0. The van der Waals surface area contributed by atoms with Gasteiger partial charge in [0, 0.05) is 16.9 Å². The number of oxime groups is 1. The van der Waals surface area contributed by atoms with Crippen LogP contribution < -0.4 is 10.6 Å². The van der Waals surface area contributed by atoms with Crippen molar-refractivity contribution in [3.63, 3.8) is 0 Å². The molecule has 0 aliphatic carbocycles. The minimum absolute atomic E-state index is 0.0602. The third kappa shape index (κ3) is 10.6. The number of nitrogens with one attached hydrogen (secondary N) is 2. The fraction of sp³-hybridized carbons (Fsp3) is 0.205. The van der Waals surface area contributed by atoms with Gasteiger partial charge in [0.05, 0.1) is 0 Å². The van der Waals surface area contributed by atoms with Gasteiger partial charge in [0.2, 0.25) is 6.61 Å². The second-order valence-electron chi connectivity index (χ2n) is 13.7. The van der Waals surface area contributed by atoms with Gasteiger partial charge in [-0.15, -0.1) is 23.1 Å². The fourth-order valence-electron chi connectivity index (χ4n) is 6.63. The molecule has 1 unspecified atom stereocenters. The van der Waals surface area contributed by atoms with E-state index >= 15 is 0 Å². The summed E-state index contributed by atoms with van der Waals surface area (Å²) in [5.41, 5.74) is 2.50. The lowest BCUT2D eigenvalue weighted by Gasteiger charge is -2.49. The van der Waals surface area contributed by atoms with Crippen LogP contribution in [-0.2, 0) is 38.3 Å². The van der Waals surface area contributed by atoms with Crippen LogP contribution >= 0.6 is 34.9 Å². The van der Waals surface area contributed by atoms with Crippen molar-refractivity contribution in [2.75, 3.05) is 29.7 Å². The Labute approximate surface area is 371 Å². The zero-order valence-electron chi connectivity index (χ0n) is 33.0. The maximum atomic E-state index is 14.2. The van der Waals surface area contributed by atoms with E-state index in [1.165, 1.54) is 28.4 Å². The van der Waals surface area contributed by atoms with E-state index < -0.39 is 76.9 Å². The highest BCUT2D eigenvalue weighted by atomic mass is 32.2. The molecule has 5 aromatic rings. The smallest absolute Gasteiger partial charge is 0.450 e. The zero-order valence-corrected chi connectivity index (χ0v) is 35.5. The van der Waals surface area contributed by atoms with Crippen LogP contribution in [0.2, 0.25) is 0 Å². The molecule has 2 aliphatic heterocycles. The second-order valence-corrected chi connectivity index (χ2v) is 16.6. The number of aromatic nitrogens is 1. The Morgan fingerprint density at radius 2 is 1.37 bits per heavy atom. The molecular weight excluding hydrogens is 880 g/mol. The third-order valence-electron chi connectivity index (χ3n) is 9.51. The Morgan fingerprint density at radius 1 is 0.841 bits per heavy atom. The molecule has 1 fully saturated rings. The number of nitrogens with zero attached hydrogens (tertiary/aromatic N) is 3. The first-order valence-corrected chi connectivity index (χ1v) is 22.4. The molecule has 63 heavy (non-hydrogen) atoms. The summed E-state index contributed by atoms with van der Waals surface area (Å²) in [4.78, 5) is 77.5. The molecule has 3 amide bonds. The molecule has 0 bridgehead atoms. The van der Waals surface area contributed by atoms with Gasteiger partial charge in [0.25, 0.3) is 11.8 Å². The number of anilines is 1. The Kier molecular flexibility index (Phi) is 14.3. The van der Waals surface area contributed by atoms with Crippen LogP contribution in [0.15, 0.2) is 143 Å². The van der Waals surface area contributed by atoms with E-state index in [-0.39, 0.29) is 11.4 Å². The molecule has 7 rings (SSSR count). The highest BCUT2D eigenvalue weighted by Crippen LogP contribution is 2.42. The van der Waals surface area contributed by atoms with E-state index in [2.05, 4.69) is 15.5 Å². The Balaban J connectivity index is 1.10. The van der Waals surface area contributed by atoms with Gasteiger partial charge in [-0.1, -0.05) is 126 Å². The molecule has 2 N–H and O–H groups in total. The summed E-state index contributed by atoms with van der Waals surface area (Å²) in [7, 11) is 0. The largest absolute Gasteiger partial charge is 0.471 e. The number of thiazole rings is 1. The molecule has 324 valence electrons. The van der Waals surface area contributed by atoms with Crippen LogP contribution in [0.1, 0.15) is 40.2 Å². The highest BCUT2D eigenvalue weighted by Gasteiger charge is 2.55. The van der Waals surface area contributed by atoms with Crippen molar-refractivity contribution in [1.29, 1.82) is 0 Å². The number of thioether (sulfide) groups is 2. The number of ether oxygens (including phenoxy) is 2. The van der Waals surface area contributed by atoms with Crippen molar-refractivity contribution in [2.24, 2.45) is 5.16 Å². The number of alkyl halides is 3. The van der Waals surface area contributed by atoms with Crippen molar-refractivity contribution < 1.29 is 51.5 Å². The predicted molar refractivity (Wildman–Crippen MR) is 231 cm³/mol. The average Bonchev–Trinajstić information content (AvgIpc) is 3.76. The molecule has 13 nitrogen and oxygen atoms in total. The minimum atomic E-state index is -5.23. The number of halogens is 3. The molecule has 2 atom stereocenters. The topological polar surface area (TPSA) is 166 Å².